The average molecular weight is 423 g/mol. The number of unbranched alkanes of at least 4 members (excludes halogenated alkanes) is 3. The molecule has 0 heterocycles. The normalized spacial score (nSPS) is 19.4. The molecule has 2 aromatic rings. The fourth-order valence-corrected chi connectivity index (χ4v) is 4.64. The Labute approximate surface area is 187 Å². The lowest BCUT2D eigenvalue weighted by atomic mass is 9.77. The lowest BCUT2D eigenvalue weighted by Gasteiger charge is -2.30. The molecule has 0 unspecified atom stereocenters. The van der Waals surface area contributed by atoms with Crippen LogP contribution in [0.4, 0.5) is 0 Å². The summed E-state index contributed by atoms with van der Waals surface area (Å²) in [4.78, 5) is 12.1. The molecule has 1 aliphatic carbocycles. The Hall–Kier alpha value is -2.13. The van der Waals surface area contributed by atoms with E-state index < -0.39 is 6.10 Å². The van der Waals surface area contributed by atoms with Gasteiger partial charge in [0, 0.05) is 12.8 Å². The largest absolute Gasteiger partial charge is 0.489 e. The van der Waals surface area contributed by atoms with E-state index in [2.05, 4.69) is 51.1 Å². The van der Waals surface area contributed by atoms with Crippen molar-refractivity contribution in [2.24, 2.45) is 0 Å². The zero-order chi connectivity index (χ0) is 22.3. The summed E-state index contributed by atoms with van der Waals surface area (Å²) in [5.74, 6) is 1.01. The highest BCUT2D eigenvalue weighted by atomic mass is 16.5. The standard InChI is InChI=1S/C28H38O3/c1-4-5-6-10-15-28(2,3)23-13-14-26(22-16-24(29)19-25(30)17-22)27(18-23)31-20-21-11-8-7-9-12-21/h7-9,11-14,18,22,24,29H,4-6,10,15-17,19-20H2,1-3H3/t22-,24-/m1/s1. The van der Waals surface area contributed by atoms with Crippen molar-refractivity contribution in [1.82, 2.24) is 0 Å². The molecule has 3 rings (SSSR count). The van der Waals surface area contributed by atoms with Crippen LogP contribution < -0.4 is 4.74 Å². The number of aliphatic hydroxyl groups is 1. The van der Waals surface area contributed by atoms with Crippen LogP contribution in [0.25, 0.3) is 0 Å². The summed E-state index contributed by atoms with van der Waals surface area (Å²) in [6, 6.07) is 16.7. The number of carbonyl (C=O) groups excluding carboxylic acids is 1. The molecule has 0 amide bonds. The first-order valence-corrected chi connectivity index (χ1v) is 11.9. The van der Waals surface area contributed by atoms with Crippen LogP contribution >= 0.6 is 0 Å². The quantitative estimate of drug-likeness (QED) is 0.433. The van der Waals surface area contributed by atoms with Crippen LogP contribution in [-0.4, -0.2) is 17.0 Å². The number of carbonyl (C=O) groups is 1. The molecule has 0 aliphatic heterocycles. The Balaban J connectivity index is 1.84. The molecule has 2 aromatic carbocycles. The topological polar surface area (TPSA) is 46.5 Å². The van der Waals surface area contributed by atoms with Crippen LogP contribution in [0.3, 0.4) is 0 Å². The third kappa shape index (κ3) is 6.67. The molecule has 0 saturated heterocycles. The number of hydrogen-bond acceptors (Lipinski definition) is 3. The zero-order valence-corrected chi connectivity index (χ0v) is 19.4. The van der Waals surface area contributed by atoms with Crippen LogP contribution in [0.2, 0.25) is 0 Å². The maximum atomic E-state index is 12.1. The molecule has 0 aromatic heterocycles. The van der Waals surface area contributed by atoms with Crippen LogP contribution in [-0.2, 0) is 16.8 Å². The molecule has 31 heavy (non-hydrogen) atoms. The number of aliphatic hydroxyl groups excluding tert-OH is 1. The molecule has 168 valence electrons. The van der Waals surface area contributed by atoms with E-state index in [9.17, 15) is 9.90 Å². The van der Waals surface area contributed by atoms with Gasteiger partial charge in [-0.1, -0.05) is 88.9 Å². The summed E-state index contributed by atoms with van der Waals surface area (Å²) in [7, 11) is 0. The van der Waals surface area contributed by atoms with Crippen molar-refractivity contribution >= 4 is 5.78 Å². The Morgan fingerprint density at radius 1 is 1.03 bits per heavy atom. The Morgan fingerprint density at radius 3 is 2.52 bits per heavy atom. The lowest BCUT2D eigenvalue weighted by Crippen LogP contribution is -2.25. The van der Waals surface area contributed by atoms with Crippen LogP contribution in [0.1, 0.15) is 94.7 Å². The predicted molar refractivity (Wildman–Crippen MR) is 127 cm³/mol. The van der Waals surface area contributed by atoms with Crippen LogP contribution in [0.15, 0.2) is 48.5 Å². The number of Topliss-reactive ketones (excluding diaryl/α,β-unsaturated/α-hetero) is 1. The molecule has 0 bridgehead atoms. The number of benzene rings is 2. The molecular weight excluding hydrogens is 384 g/mol. The van der Waals surface area contributed by atoms with Gasteiger partial charge in [0.1, 0.15) is 18.1 Å². The van der Waals surface area contributed by atoms with Crippen molar-refractivity contribution in [3.8, 4) is 5.75 Å². The van der Waals surface area contributed by atoms with Crippen molar-refractivity contribution in [3.05, 3.63) is 65.2 Å². The second-order valence-electron chi connectivity index (χ2n) is 9.75. The van der Waals surface area contributed by atoms with Gasteiger partial charge in [0.15, 0.2) is 0 Å². The fourth-order valence-electron chi connectivity index (χ4n) is 4.64. The fraction of sp³-hybridized carbons (Fsp3) is 0.536. The van der Waals surface area contributed by atoms with Gasteiger partial charge in [0.25, 0.3) is 0 Å². The van der Waals surface area contributed by atoms with Gasteiger partial charge in [-0.15, -0.1) is 0 Å². The highest BCUT2D eigenvalue weighted by molar-refractivity contribution is 5.81. The minimum absolute atomic E-state index is 0.0174. The van der Waals surface area contributed by atoms with Crippen molar-refractivity contribution < 1.29 is 14.6 Å². The summed E-state index contributed by atoms with van der Waals surface area (Å²) in [6.07, 6.45) is 7.01. The first-order valence-electron chi connectivity index (χ1n) is 11.9. The van der Waals surface area contributed by atoms with E-state index in [0.717, 1.165) is 23.3 Å². The Morgan fingerprint density at radius 2 is 1.81 bits per heavy atom. The molecule has 0 radical (unpaired) electrons. The van der Waals surface area contributed by atoms with Gasteiger partial charge in [-0.2, -0.15) is 0 Å². The smallest absolute Gasteiger partial charge is 0.136 e. The van der Waals surface area contributed by atoms with Crippen molar-refractivity contribution in [2.45, 2.75) is 96.2 Å². The van der Waals surface area contributed by atoms with Gasteiger partial charge in [-0.3, -0.25) is 4.79 Å². The molecule has 3 heteroatoms. The molecule has 1 N–H and O–H groups in total. The van der Waals surface area contributed by atoms with E-state index in [1.54, 1.807) is 0 Å². The number of ketones is 1. The van der Waals surface area contributed by atoms with E-state index in [1.807, 2.05) is 18.2 Å². The summed E-state index contributed by atoms with van der Waals surface area (Å²) in [5, 5.41) is 10.2. The summed E-state index contributed by atoms with van der Waals surface area (Å²) in [5.41, 5.74) is 3.52. The third-order valence-corrected chi connectivity index (χ3v) is 6.62. The molecule has 0 spiro atoms. The van der Waals surface area contributed by atoms with E-state index in [-0.39, 0.29) is 23.5 Å². The Bertz CT molecular complexity index is 841. The van der Waals surface area contributed by atoms with E-state index in [0.29, 0.717) is 19.4 Å². The molecule has 1 fully saturated rings. The Kier molecular flexibility index (Phi) is 8.31. The second kappa shape index (κ2) is 10.9. The van der Waals surface area contributed by atoms with E-state index in [1.165, 1.54) is 31.2 Å². The van der Waals surface area contributed by atoms with Gasteiger partial charge in [0.2, 0.25) is 0 Å². The first kappa shape index (κ1) is 23.5. The van der Waals surface area contributed by atoms with Gasteiger partial charge >= 0.3 is 0 Å². The van der Waals surface area contributed by atoms with Crippen LogP contribution in [0.5, 0.6) is 5.75 Å². The van der Waals surface area contributed by atoms with Gasteiger partial charge < -0.3 is 9.84 Å². The van der Waals surface area contributed by atoms with Crippen molar-refractivity contribution in [2.75, 3.05) is 0 Å². The van der Waals surface area contributed by atoms with Crippen LogP contribution in [0, 0.1) is 0 Å². The van der Waals surface area contributed by atoms with E-state index >= 15 is 0 Å². The lowest BCUT2D eigenvalue weighted by molar-refractivity contribution is -0.123. The highest BCUT2D eigenvalue weighted by Gasteiger charge is 2.30. The zero-order valence-electron chi connectivity index (χ0n) is 19.4. The molecule has 1 aliphatic rings. The number of rotatable bonds is 10. The summed E-state index contributed by atoms with van der Waals surface area (Å²) < 4.78 is 6.33. The molecule has 3 nitrogen and oxygen atoms in total. The van der Waals surface area contributed by atoms with Crippen molar-refractivity contribution in [3.63, 3.8) is 0 Å². The average Bonchev–Trinajstić information content (AvgIpc) is 2.75. The first-order chi connectivity index (χ1) is 14.9. The predicted octanol–water partition coefficient (Wildman–Crippen LogP) is 6.71. The third-order valence-electron chi connectivity index (χ3n) is 6.62. The number of hydrogen-bond donors (Lipinski definition) is 1. The number of ether oxygens (including phenoxy) is 1. The molecular formula is C28H38O3. The maximum Gasteiger partial charge on any atom is 0.136 e. The van der Waals surface area contributed by atoms with Gasteiger partial charge in [-0.25, -0.2) is 0 Å². The minimum atomic E-state index is -0.553. The van der Waals surface area contributed by atoms with Gasteiger partial charge in [-0.05, 0) is 46.9 Å². The van der Waals surface area contributed by atoms with Crippen molar-refractivity contribution in [1.29, 1.82) is 0 Å². The second-order valence-corrected chi connectivity index (χ2v) is 9.75. The molecule has 1 saturated carbocycles. The monoisotopic (exact) mass is 422 g/mol. The minimum Gasteiger partial charge on any atom is -0.489 e. The van der Waals surface area contributed by atoms with Gasteiger partial charge in [0.05, 0.1) is 6.10 Å². The SMILES string of the molecule is CCCCCCC(C)(C)c1ccc([C@H]2CC(=O)C[C@H](O)C2)c(OCc2ccccc2)c1. The highest BCUT2D eigenvalue weighted by Crippen LogP contribution is 2.40. The molecule has 2 atom stereocenters. The summed E-state index contributed by atoms with van der Waals surface area (Å²) >= 11 is 0. The summed E-state index contributed by atoms with van der Waals surface area (Å²) in [6.45, 7) is 7.36. The maximum absolute atomic E-state index is 12.1. The van der Waals surface area contributed by atoms with E-state index in [4.69, 9.17) is 4.74 Å².